The number of pyridine rings is 2. The van der Waals surface area contributed by atoms with Gasteiger partial charge in [-0.3, -0.25) is 4.98 Å². The fraction of sp³-hybridized carbons (Fsp3) is 0.211. The molecule has 0 unspecified atom stereocenters. The topological polar surface area (TPSA) is 73.3 Å². The second-order valence-corrected chi connectivity index (χ2v) is 6.54. The Morgan fingerprint density at radius 2 is 1.93 bits per heavy atom. The molecule has 0 saturated carbocycles. The number of nitrogens with zero attached hydrogens (tertiary/aromatic N) is 7. The van der Waals surface area contributed by atoms with Gasteiger partial charge in [0.2, 0.25) is 5.65 Å². The van der Waals surface area contributed by atoms with Gasteiger partial charge in [-0.05, 0) is 38.5 Å². The zero-order valence-electron chi connectivity index (χ0n) is 14.9. The van der Waals surface area contributed by atoms with E-state index in [4.69, 9.17) is 4.98 Å². The molecular weight excluding hydrogens is 345 g/mol. The summed E-state index contributed by atoms with van der Waals surface area (Å²) in [5.74, 6) is -0.0322. The quantitative estimate of drug-likeness (QED) is 0.494. The smallest absolute Gasteiger partial charge is 0.258 e. The molecular formula is C19H16FN7. The summed E-state index contributed by atoms with van der Waals surface area (Å²) in [6.45, 7) is 3.87. The van der Waals surface area contributed by atoms with Crippen LogP contribution in [0.15, 0.2) is 36.8 Å². The molecule has 0 atom stereocenters. The summed E-state index contributed by atoms with van der Waals surface area (Å²) in [5.41, 5.74) is 4.76. The lowest BCUT2D eigenvalue weighted by atomic mass is 10.2. The maximum Gasteiger partial charge on any atom is 0.258 e. The van der Waals surface area contributed by atoms with Gasteiger partial charge in [0.1, 0.15) is 5.65 Å². The third kappa shape index (κ3) is 2.44. The average molecular weight is 361 g/mol. The molecule has 27 heavy (non-hydrogen) atoms. The molecule has 0 bridgehead atoms. The largest absolute Gasteiger partial charge is 0.303 e. The van der Waals surface area contributed by atoms with Crippen molar-refractivity contribution in [3.8, 4) is 0 Å². The Bertz CT molecular complexity index is 1280. The van der Waals surface area contributed by atoms with E-state index in [9.17, 15) is 4.39 Å². The number of aryl methyl sites for hydroxylation is 4. The van der Waals surface area contributed by atoms with Crippen molar-refractivity contribution in [3.63, 3.8) is 0 Å². The highest BCUT2D eigenvalue weighted by molar-refractivity contribution is 5.91. The summed E-state index contributed by atoms with van der Waals surface area (Å²) >= 11 is 0. The van der Waals surface area contributed by atoms with Gasteiger partial charge in [-0.15, -0.1) is 0 Å². The average Bonchev–Trinajstić information content (AvgIpc) is 3.26. The minimum absolute atomic E-state index is 0.161. The molecule has 5 rings (SSSR count). The first-order valence-corrected chi connectivity index (χ1v) is 8.70. The number of hydrogen-bond acceptors (Lipinski definition) is 5. The van der Waals surface area contributed by atoms with E-state index >= 15 is 0 Å². The van der Waals surface area contributed by atoms with Crippen LogP contribution in [0.1, 0.15) is 22.9 Å². The summed E-state index contributed by atoms with van der Waals surface area (Å²) in [6.07, 6.45) is 6.46. The molecule has 0 aliphatic carbocycles. The summed E-state index contributed by atoms with van der Waals surface area (Å²) in [6, 6.07) is 5.93. The molecule has 5 aromatic heterocycles. The van der Waals surface area contributed by atoms with E-state index in [1.807, 2.05) is 38.2 Å². The lowest BCUT2D eigenvalue weighted by Gasteiger charge is -2.00. The number of imidazole rings is 1. The Kier molecular flexibility index (Phi) is 3.40. The molecule has 0 N–H and O–H groups in total. The third-order valence-electron chi connectivity index (χ3n) is 4.83. The number of aromatic nitrogens is 7. The molecule has 8 heteroatoms. The number of hydrogen-bond donors (Lipinski definition) is 0. The van der Waals surface area contributed by atoms with Crippen LogP contribution in [-0.2, 0) is 12.8 Å². The van der Waals surface area contributed by atoms with Crippen molar-refractivity contribution in [2.24, 2.45) is 0 Å². The Balaban J connectivity index is 1.52. The standard InChI is InChI=1S/C19H16FN7/c1-11-10-22-17(20)19-24-16(25-27(11)19)6-5-14-12(2)26-9-7-15-13(18(26)23-14)4-3-8-21-15/h3-4,7-10H,5-6H2,1-2H3. The monoisotopic (exact) mass is 361 g/mol. The van der Waals surface area contributed by atoms with Gasteiger partial charge < -0.3 is 4.40 Å². The van der Waals surface area contributed by atoms with Crippen molar-refractivity contribution in [3.05, 3.63) is 65.6 Å². The molecule has 0 aliphatic heterocycles. The molecule has 7 nitrogen and oxygen atoms in total. The normalized spacial score (nSPS) is 11.8. The van der Waals surface area contributed by atoms with E-state index in [0.29, 0.717) is 18.7 Å². The zero-order valence-corrected chi connectivity index (χ0v) is 14.9. The van der Waals surface area contributed by atoms with Gasteiger partial charge in [-0.25, -0.2) is 19.5 Å². The Morgan fingerprint density at radius 1 is 1.04 bits per heavy atom. The summed E-state index contributed by atoms with van der Waals surface area (Å²) in [7, 11) is 0. The second kappa shape index (κ2) is 5.80. The van der Waals surface area contributed by atoms with Crippen LogP contribution in [-0.4, -0.2) is 34.0 Å². The SMILES string of the molecule is Cc1c(CCc2nc3c(F)ncc(C)n3n2)nc2c3cccnc3ccn12. The molecule has 0 saturated heterocycles. The van der Waals surface area contributed by atoms with E-state index in [0.717, 1.165) is 33.6 Å². The van der Waals surface area contributed by atoms with Crippen LogP contribution in [0.2, 0.25) is 0 Å². The Labute approximate surface area is 153 Å². The summed E-state index contributed by atoms with van der Waals surface area (Å²) < 4.78 is 17.4. The Hall–Kier alpha value is -3.42. The highest BCUT2D eigenvalue weighted by Crippen LogP contribution is 2.21. The Morgan fingerprint density at radius 3 is 2.78 bits per heavy atom. The van der Waals surface area contributed by atoms with Gasteiger partial charge in [0, 0.05) is 29.9 Å². The highest BCUT2D eigenvalue weighted by atomic mass is 19.1. The minimum Gasteiger partial charge on any atom is -0.303 e. The van der Waals surface area contributed by atoms with Gasteiger partial charge in [-0.2, -0.15) is 9.49 Å². The van der Waals surface area contributed by atoms with Crippen molar-refractivity contribution in [2.75, 3.05) is 0 Å². The van der Waals surface area contributed by atoms with E-state index in [1.54, 1.807) is 6.20 Å². The summed E-state index contributed by atoms with van der Waals surface area (Å²) in [4.78, 5) is 17.2. The van der Waals surface area contributed by atoms with Crippen LogP contribution in [0.25, 0.3) is 22.2 Å². The maximum atomic E-state index is 13.8. The second-order valence-electron chi connectivity index (χ2n) is 6.54. The van der Waals surface area contributed by atoms with Crippen molar-refractivity contribution in [1.29, 1.82) is 0 Å². The zero-order chi connectivity index (χ0) is 18.5. The van der Waals surface area contributed by atoms with E-state index < -0.39 is 5.95 Å². The first-order chi connectivity index (χ1) is 13.1. The first kappa shape index (κ1) is 15.8. The fourth-order valence-electron chi connectivity index (χ4n) is 3.39. The van der Waals surface area contributed by atoms with Crippen LogP contribution in [0.5, 0.6) is 0 Å². The van der Waals surface area contributed by atoms with E-state index in [2.05, 4.69) is 24.5 Å². The van der Waals surface area contributed by atoms with Crippen molar-refractivity contribution in [1.82, 2.24) is 34.0 Å². The molecule has 0 fully saturated rings. The number of rotatable bonds is 3. The highest BCUT2D eigenvalue weighted by Gasteiger charge is 2.14. The lowest BCUT2D eigenvalue weighted by molar-refractivity contribution is 0.581. The van der Waals surface area contributed by atoms with Crippen LogP contribution < -0.4 is 0 Å². The molecule has 5 aromatic rings. The van der Waals surface area contributed by atoms with Crippen LogP contribution in [0, 0.1) is 19.8 Å². The van der Waals surface area contributed by atoms with Crippen molar-refractivity contribution < 1.29 is 4.39 Å². The molecule has 134 valence electrons. The van der Waals surface area contributed by atoms with Gasteiger partial charge in [-0.1, -0.05) is 0 Å². The van der Waals surface area contributed by atoms with Gasteiger partial charge in [0.15, 0.2) is 5.82 Å². The van der Waals surface area contributed by atoms with Crippen molar-refractivity contribution >= 4 is 22.2 Å². The fourth-order valence-corrected chi connectivity index (χ4v) is 3.39. The van der Waals surface area contributed by atoms with E-state index in [1.165, 1.54) is 10.7 Å². The molecule has 0 amide bonds. The van der Waals surface area contributed by atoms with Crippen LogP contribution >= 0.6 is 0 Å². The maximum absolute atomic E-state index is 13.8. The van der Waals surface area contributed by atoms with Crippen LogP contribution in [0.4, 0.5) is 4.39 Å². The number of halogens is 1. The minimum atomic E-state index is -0.609. The summed E-state index contributed by atoms with van der Waals surface area (Å²) in [5, 5.41) is 5.42. The van der Waals surface area contributed by atoms with Crippen LogP contribution in [0.3, 0.4) is 0 Å². The van der Waals surface area contributed by atoms with Gasteiger partial charge in [0.05, 0.1) is 23.1 Å². The molecule has 5 heterocycles. The third-order valence-corrected chi connectivity index (χ3v) is 4.83. The molecule has 0 radical (unpaired) electrons. The number of fused-ring (bicyclic) bond motifs is 4. The molecule has 0 aromatic carbocycles. The van der Waals surface area contributed by atoms with Gasteiger partial charge >= 0.3 is 0 Å². The van der Waals surface area contributed by atoms with Crippen molar-refractivity contribution in [2.45, 2.75) is 26.7 Å². The van der Waals surface area contributed by atoms with E-state index in [-0.39, 0.29) is 5.65 Å². The first-order valence-electron chi connectivity index (χ1n) is 8.70. The molecule has 0 spiro atoms. The van der Waals surface area contributed by atoms with Gasteiger partial charge in [0.25, 0.3) is 5.95 Å². The predicted molar refractivity (Wildman–Crippen MR) is 98.1 cm³/mol. The molecule has 0 aliphatic rings. The predicted octanol–water partition coefficient (Wildman–Crippen LogP) is 2.86. The lowest BCUT2D eigenvalue weighted by Crippen LogP contribution is -1.99.